The number of hydrogen-bond acceptors (Lipinski definition) is 6. The van der Waals surface area contributed by atoms with Gasteiger partial charge in [-0.3, -0.25) is 9.59 Å². The Bertz CT molecular complexity index is 2330. The van der Waals surface area contributed by atoms with Crippen LogP contribution >= 0.6 is 0 Å². The molecule has 0 radical (unpaired) electrons. The predicted molar refractivity (Wildman–Crippen MR) is 246 cm³/mol. The van der Waals surface area contributed by atoms with Gasteiger partial charge in [0.05, 0.1) is 35.9 Å². The molecule has 2 aromatic heterocycles. The lowest BCUT2D eigenvalue weighted by molar-refractivity contribution is -0.135. The van der Waals surface area contributed by atoms with Crippen molar-refractivity contribution in [2.24, 2.45) is 0 Å². The SMILES string of the molecule is CCNC(=O)NC(C(=O)N1CCCC1c1ncc(-c2ccc(CCc3ccc(-c4cnc(C5CCCN5C(=O)C(NC(=O)NCC)c5ccccc5)[nH]4)cc3)cc2)[nH]1)c1ccccc1. The number of H-pyrrole nitrogens is 2. The summed E-state index contributed by atoms with van der Waals surface area (Å²) in [7, 11) is 0. The molecular formula is C50H56N10O4. The minimum atomic E-state index is -0.808. The zero-order valence-electron chi connectivity index (χ0n) is 36.3. The molecule has 4 atom stereocenters. The van der Waals surface area contributed by atoms with Crippen LogP contribution in [-0.4, -0.2) is 79.8 Å². The van der Waals surface area contributed by atoms with Gasteiger partial charge in [-0.15, -0.1) is 0 Å². The Kier molecular flexibility index (Phi) is 13.8. The molecule has 2 aliphatic rings. The fourth-order valence-corrected chi connectivity index (χ4v) is 8.81. The topological polar surface area (TPSA) is 180 Å². The number of likely N-dealkylation sites (tertiary alicyclic amines) is 2. The Balaban J connectivity index is 0.868. The van der Waals surface area contributed by atoms with Gasteiger partial charge < -0.3 is 41.0 Å². The number of benzene rings is 4. The normalized spacial score (nSPS) is 16.8. The summed E-state index contributed by atoms with van der Waals surface area (Å²) in [4.78, 5) is 73.2. The molecule has 2 saturated heterocycles. The summed E-state index contributed by atoms with van der Waals surface area (Å²) >= 11 is 0. The third-order valence-corrected chi connectivity index (χ3v) is 12.1. The first-order chi connectivity index (χ1) is 31.3. The minimum Gasteiger partial charge on any atom is -0.340 e. The third kappa shape index (κ3) is 10.0. The van der Waals surface area contributed by atoms with Crippen LogP contribution in [0.25, 0.3) is 22.5 Å². The second kappa shape index (κ2) is 20.3. The number of carbonyl (C=O) groups is 4. The molecule has 4 unspecified atom stereocenters. The number of carbonyl (C=O) groups excluding carboxylic acids is 4. The van der Waals surface area contributed by atoms with Crippen molar-refractivity contribution in [3.8, 4) is 22.5 Å². The van der Waals surface area contributed by atoms with E-state index in [2.05, 4.69) is 79.8 Å². The van der Waals surface area contributed by atoms with Gasteiger partial charge in [0.25, 0.3) is 0 Å². The number of aryl methyl sites for hydroxylation is 2. The molecule has 0 saturated carbocycles. The van der Waals surface area contributed by atoms with Crippen LogP contribution in [0.1, 0.15) is 97.6 Å². The molecule has 6 aromatic rings. The van der Waals surface area contributed by atoms with Gasteiger partial charge in [-0.25, -0.2) is 19.6 Å². The number of hydrogen-bond donors (Lipinski definition) is 6. The summed E-state index contributed by atoms with van der Waals surface area (Å²) in [6.07, 6.45) is 8.65. The van der Waals surface area contributed by atoms with Crippen molar-refractivity contribution < 1.29 is 19.2 Å². The highest BCUT2D eigenvalue weighted by atomic mass is 16.2. The smallest absolute Gasteiger partial charge is 0.315 e. The Morgan fingerprint density at radius 2 is 0.969 bits per heavy atom. The van der Waals surface area contributed by atoms with Gasteiger partial charge >= 0.3 is 12.1 Å². The van der Waals surface area contributed by atoms with Gasteiger partial charge in [0.2, 0.25) is 11.8 Å². The summed E-state index contributed by atoms with van der Waals surface area (Å²) in [6.45, 7) is 5.77. The van der Waals surface area contributed by atoms with E-state index < -0.39 is 12.1 Å². The van der Waals surface area contributed by atoms with E-state index in [0.717, 1.165) is 83.8 Å². The summed E-state index contributed by atoms with van der Waals surface area (Å²) < 4.78 is 0. The highest BCUT2D eigenvalue weighted by Crippen LogP contribution is 2.36. The molecule has 2 fully saturated rings. The van der Waals surface area contributed by atoms with E-state index >= 15 is 0 Å². The molecule has 330 valence electrons. The number of imidazole rings is 2. The molecule has 4 heterocycles. The van der Waals surface area contributed by atoms with Crippen LogP contribution in [0.4, 0.5) is 9.59 Å². The van der Waals surface area contributed by atoms with Crippen molar-refractivity contribution in [3.63, 3.8) is 0 Å². The monoisotopic (exact) mass is 860 g/mol. The first-order valence-electron chi connectivity index (χ1n) is 22.4. The number of rotatable bonds is 15. The molecule has 6 amide bonds. The van der Waals surface area contributed by atoms with Crippen LogP contribution in [0.15, 0.2) is 122 Å². The standard InChI is InChI=1S/C50H56N10O4/c1-3-51-49(63)57-43(37-13-7-5-8-14-37)47(61)59-29-11-17-41(59)45-53-31-39(55-45)35-25-21-33(22-26-35)19-20-34-23-27-36(28-24-34)40-32-54-46(56-40)42-18-12-30-60(42)48(62)44(58-50(64)52-4-2)38-15-9-6-10-16-38/h5-10,13-16,21-28,31-32,41-44H,3-4,11-12,17-20,29-30H2,1-2H3,(H,53,55)(H,54,56)(H2,51,57,63)(H2,52,58,64). The van der Waals surface area contributed by atoms with Crippen LogP contribution in [-0.2, 0) is 22.4 Å². The summed E-state index contributed by atoms with van der Waals surface area (Å²) in [6, 6.07) is 32.9. The van der Waals surface area contributed by atoms with Crippen molar-refractivity contribution >= 4 is 23.9 Å². The molecule has 0 spiro atoms. The Labute approximate surface area is 373 Å². The minimum absolute atomic E-state index is 0.157. The summed E-state index contributed by atoms with van der Waals surface area (Å²) in [5, 5.41) is 11.3. The van der Waals surface area contributed by atoms with Crippen molar-refractivity contribution in [2.45, 2.75) is 76.5 Å². The lowest BCUT2D eigenvalue weighted by atomic mass is 10.0. The molecule has 4 aromatic carbocycles. The summed E-state index contributed by atoms with van der Waals surface area (Å²) in [5.74, 6) is 1.16. The molecule has 0 aliphatic carbocycles. The lowest BCUT2D eigenvalue weighted by Gasteiger charge is -2.28. The van der Waals surface area contributed by atoms with Crippen LogP contribution in [0, 0.1) is 0 Å². The Morgan fingerprint density at radius 3 is 1.34 bits per heavy atom. The van der Waals surface area contributed by atoms with Crippen LogP contribution in [0.5, 0.6) is 0 Å². The number of aromatic amines is 2. The third-order valence-electron chi connectivity index (χ3n) is 12.1. The van der Waals surface area contributed by atoms with Crippen molar-refractivity contribution in [1.82, 2.24) is 51.0 Å². The van der Waals surface area contributed by atoms with E-state index in [-0.39, 0.29) is 36.0 Å². The van der Waals surface area contributed by atoms with Crippen LogP contribution in [0.2, 0.25) is 0 Å². The molecule has 0 bridgehead atoms. The second-order valence-electron chi connectivity index (χ2n) is 16.3. The van der Waals surface area contributed by atoms with E-state index in [4.69, 9.17) is 9.97 Å². The zero-order valence-corrected chi connectivity index (χ0v) is 36.3. The Hall–Kier alpha value is -7.22. The molecular weight excluding hydrogens is 805 g/mol. The molecule has 8 rings (SSSR count). The molecule has 14 nitrogen and oxygen atoms in total. The van der Waals surface area contributed by atoms with E-state index in [1.165, 1.54) is 11.1 Å². The largest absolute Gasteiger partial charge is 0.340 e. The van der Waals surface area contributed by atoms with Crippen molar-refractivity contribution in [2.75, 3.05) is 26.2 Å². The van der Waals surface area contributed by atoms with Crippen molar-refractivity contribution in [1.29, 1.82) is 0 Å². The van der Waals surface area contributed by atoms with Gasteiger partial charge in [0.15, 0.2) is 0 Å². The lowest BCUT2D eigenvalue weighted by Crippen LogP contribution is -2.46. The van der Waals surface area contributed by atoms with E-state index in [1.54, 1.807) is 0 Å². The molecule has 6 N–H and O–H groups in total. The quantitative estimate of drug-likeness (QED) is 0.0616. The predicted octanol–water partition coefficient (Wildman–Crippen LogP) is 7.70. The van der Waals surface area contributed by atoms with Gasteiger partial charge in [-0.1, -0.05) is 109 Å². The maximum absolute atomic E-state index is 14.0. The first kappa shape index (κ1) is 43.4. The van der Waals surface area contributed by atoms with Crippen LogP contribution < -0.4 is 21.3 Å². The highest BCUT2D eigenvalue weighted by molar-refractivity contribution is 5.89. The average Bonchev–Trinajstić information content (AvgIpc) is 4.18. The fourth-order valence-electron chi connectivity index (χ4n) is 8.81. The number of aromatic nitrogens is 4. The number of urea groups is 2. The van der Waals surface area contributed by atoms with Crippen molar-refractivity contribution in [3.05, 3.63) is 155 Å². The number of nitrogens with one attached hydrogen (secondary N) is 6. The van der Waals surface area contributed by atoms with Gasteiger partial charge in [-0.05, 0) is 85.8 Å². The first-order valence-corrected chi connectivity index (χ1v) is 22.4. The van der Waals surface area contributed by atoms with E-state index in [9.17, 15) is 19.2 Å². The Morgan fingerprint density at radius 1 is 0.578 bits per heavy atom. The second-order valence-corrected chi connectivity index (χ2v) is 16.3. The number of nitrogens with zero attached hydrogens (tertiary/aromatic N) is 4. The van der Waals surface area contributed by atoms with Gasteiger partial charge in [0.1, 0.15) is 23.7 Å². The van der Waals surface area contributed by atoms with Crippen LogP contribution in [0.3, 0.4) is 0 Å². The summed E-state index contributed by atoms with van der Waals surface area (Å²) in [5.41, 5.74) is 7.70. The maximum Gasteiger partial charge on any atom is 0.315 e. The molecule has 64 heavy (non-hydrogen) atoms. The molecule has 14 heteroatoms. The van der Waals surface area contributed by atoms with E-state index in [1.807, 2.05) is 96.7 Å². The van der Waals surface area contributed by atoms with Gasteiger partial charge in [0, 0.05) is 26.2 Å². The number of amides is 6. The highest BCUT2D eigenvalue weighted by Gasteiger charge is 2.38. The van der Waals surface area contributed by atoms with Gasteiger partial charge in [-0.2, -0.15) is 0 Å². The maximum atomic E-state index is 14.0. The molecule has 2 aliphatic heterocycles. The average molecular weight is 861 g/mol. The van der Waals surface area contributed by atoms with E-state index in [0.29, 0.717) is 26.2 Å². The fraction of sp³-hybridized carbons (Fsp3) is 0.320. The zero-order chi connectivity index (χ0) is 44.4.